The van der Waals surface area contributed by atoms with E-state index in [9.17, 15) is 10.1 Å². The van der Waals surface area contributed by atoms with Crippen LogP contribution in [-0.4, -0.2) is 19.7 Å². The highest BCUT2D eigenvalue weighted by atomic mass is 35.5. The molecule has 0 spiro atoms. The zero-order valence-corrected chi connectivity index (χ0v) is 11.1. The summed E-state index contributed by atoms with van der Waals surface area (Å²) in [4.78, 5) is 13.9. The fourth-order valence-electron chi connectivity index (χ4n) is 1.62. The molecule has 0 saturated carbocycles. The third-order valence-electron chi connectivity index (χ3n) is 2.57. The number of aromatic nitrogens is 3. The number of hydrogen-bond acceptors (Lipinski definition) is 5. The van der Waals surface area contributed by atoms with Crippen LogP contribution < -0.4 is 4.74 Å². The Hall–Kier alpha value is -2.15. The van der Waals surface area contributed by atoms with Gasteiger partial charge < -0.3 is 14.9 Å². The number of ether oxygens (including phenoxy) is 1. The van der Waals surface area contributed by atoms with Gasteiger partial charge in [0.2, 0.25) is 5.75 Å². The van der Waals surface area contributed by atoms with Crippen molar-refractivity contribution in [1.82, 2.24) is 14.8 Å². The van der Waals surface area contributed by atoms with E-state index < -0.39 is 4.92 Å². The Labute approximate surface area is 113 Å². The maximum absolute atomic E-state index is 10.8. The maximum Gasteiger partial charge on any atom is 0.406 e. The number of nitro groups is 1. The molecule has 19 heavy (non-hydrogen) atoms. The second kappa shape index (κ2) is 5.23. The molecule has 0 fully saturated rings. The molecule has 0 unspecified atom stereocenters. The lowest BCUT2D eigenvalue weighted by molar-refractivity contribution is -0.390. The molecule has 0 aromatic carbocycles. The third kappa shape index (κ3) is 2.65. The van der Waals surface area contributed by atoms with E-state index in [0.717, 1.165) is 5.69 Å². The van der Waals surface area contributed by atoms with Crippen LogP contribution in [0.4, 0.5) is 5.82 Å². The number of nitrogens with zero attached hydrogens (tertiary/aromatic N) is 4. The molecule has 8 heteroatoms. The van der Waals surface area contributed by atoms with Crippen molar-refractivity contribution in [3.05, 3.63) is 44.9 Å². The minimum atomic E-state index is -0.590. The van der Waals surface area contributed by atoms with Gasteiger partial charge in [0.05, 0.1) is 5.69 Å². The zero-order chi connectivity index (χ0) is 14.0. The van der Waals surface area contributed by atoms with Gasteiger partial charge in [-0.1, -0.05) is 11.6 Å². The van der Waals surface area contributed by atoms with Crippen molar-refractivity contribution in [2.75, 3.05) is 0 Å². The van der Waals surface area contributed by atoms with Crippen molar-refractivity contribution in [3.8, 4) is 5.75 Å². The van der Waals surface area contributed by atoms with Crippen LogP contribution in [0.15, 0.2) is 18.3 Å². The van der Waals surface area contributed by atoms with Crippen molar-refractivity contribution in [3.63, 3.8) is 0 Å². The summed E-state index contributed by atoms with van der Waals surface area (Å²) in [5.74, 6) is -0.216. The van der Waals surface area contributed by atoms with Crippen molar-refractivity contribution in [2.45, 2.75) is 13.5 Å². The summed E-state index contributed by atoms with van der Waals surface area (Å²) in [5, 5.41) is 15.4. The van der Waals surface area contributed by atoms with E-state index in [-0.39, 0.29) is 18.2 Å². The third-order valence-corrected chi connectivity index (χ3v) is 3.04. The maximum atomic E-state index is 10.8. The predicted molar refractivity (Wildman–Crippen MR) is 68.2 cm³/mol. The molecule has 0 saturated heterocycles. The van der Waals surface area contributed by atoms with Crippen molar-refractivity contribution in [2.24, 2.45) is 7.05 Å². The van der Waals surface area contributed by atoms with Crippen LogP contribution in [0, 0.1) is 17.0 Å². The van der Waals surface area contributed by atoms with E-state index in [2.05, 4.69) is 10.1 Å². The average molecular weight is 283 g/mol. The SMILES string of the molecule is Cc1nn(C)c(Cl)c1COc1cccnc1[N+](=O)[O-]. The molecular formula is C11H11ClN4O3. The first-order valence-corrected chi connectivity index (χ1v) is 5.78. The van der Waals surface area contributed by atoms with E-state index in [1.54, 1.807) is 20.0 Å². The van der Waals surface area contributed by atoms with Crippen molar-refractivity contribution in [1.29, 1.82) is 0 Å². The minimum Gasteiger partial charge on any atom is -0.481 e. The van der Waals surface area contributed by atoms with E-state index in [0.29, 0.717) is 10.7 Å². The highest BCUT2D eigenvalue weighted by Crippen LogP contribution is 2.26. The average Bonchev–Trinajstić information content (AvgIpc) is 2.61. The highest BCUT2D eigenvalue weighted by molar-refractivity contribution is 6.30. The van der Waals surface area contributed by atoms with Gasteiger partial charge in [-0.2, -0.15) is 5.10 Å². The molecule has 0 N–H and O–H groups in total. The number of halogens is 1. The van der Waals surface area contributed by atoms with Crippen LogP contribution in [0.25, 0.3) is 0 Å². The van der Waals surface area contributed by atoms with Crippen LogP contribution in [0.2, 0.25) is 5.15 Å². The quantitative estimate of drug-likeness (QED) is 0.634. The van der Waals surface area contributed by atoms with Gasteiger partial charge in [0.1, 0.15) is 18.0 Å². The summed E-state index contributed by atoms with van der Waals surface area (Å²) in [7, 11) is 1.71. The Morgan fingerprint density at radius 2 is 2.32 bits per heavy atom. The van der Waals surface area contributed by atoms with Crippen LogP contribution in [0.3, 0.4) is 0 Å². The van der Waals surface area contributed by atoms with Crippen LogP contribution in [0.1, 0.15) is 11.3 Å². The lowest BCUT2D eigenvalue weighted by atomic mass is 10.3. The van der Waals surface area contributed by atoms with Crippen LogP contribution in [-0.2, 0) is 13.7 Å². The molecule has 2 aromatic rings. The van der Waals surface area contributed by atoms with Gasteiger partial charge in [0, 0.05) is 12.6 Å². The van der Waals surface area contributed by atoms with Gasteiger partial charge in [-0.3, -0.25) is 4.68 Å². The molecule has 100 valence electrons. The van der Waals surface area contributed by atoms with Gasteiger partial charge in [-0.25, -0.2) is 0 Å². The van der Waals surface area contributed by atoms with Crippen molar-refractivity contribution >= 4 is 17.4 Å². The molecule has 0 bridgehead atoms. The number of aryl methyl sites for hydroxylation is 2. The Morgan fingerprint density at radius 1 is 1.58 bits per heavy atom. The summed E-state index contributed by atoms with van der Waals surface area (Å²) >= 11 is 6.05. The molecule has 2 rings (SSSR count). The first-order valence-electron chi connectivity index (χ1n) is 5.41. The molecule has 0 amide bonds. The largest absolute Gasteiger partial charge is 0.481 e. The number of pyridine rings is 1. The van der Waals surface area contributed by atoms with E-state index in [4.69, 9.17) is 16.3 Å². The fourth-order valence-corrected chi connectivity index (χ4v) is 1.85. The zero-order valence-electron chi connectivity index (χ0n) is 10.3. The van der Waals surface area contributed by atoms with E-state index in [1.807, 2.05) is 0 Å². The molecular weight excluding hydrogens is 272 g/mol. The first-order chi connectivity index (χ1) is 9.00. The minimum absolute atomic E-state index is 0.102. The Kier molecular flexibility index (Phi) is 3.66. The van der Waals surface area contributed by atoms with Gasteiger partial charge in [0.25, 0.3) is 0 Å². The van der Waals surface area contributed by atoms with Gasteiger partial charge in [-0.15, -0.1) is 0 Å². The smallest absolute Gasteiger partial charge is 0.406 e. The summed E-state index contributed by atoms with van der Waals surface area (Å²) in [6.07, 6.45) is 1.34. The summed E-state index contributed by atoms with van der Waals surface area (Å²) in [5.41, 5.74) is 1.42. The summed E-state index contributed by atoms with van der Waals surface area (Å²) in [6.45, 7) is 1.90. The monoisotopic (exact) mass is 282 g/mol. The standard InChI is InChI=1S/C11H11ClN4O3/c1-7-8(10(12)15(2)14-7)6-19-9-4-3-5-13-11(9)16(17)18/h3-5H,6H2,1-2H3. The highest BCUT2D eigenvalue weighted by Gasteiger charge is 2.18. The topological polar surface area (TPSA) is 83.1 Å². The van der Waals surface area contributed by atoms with Crippen molar-refractivity contribution < 1.29 is 9.66 Å². The second-order valence-electron chi connectivity index (χ2n) is 3.85. The lowest BCUT2D eigenvalue weighted by Gasteiger charge is -2.05. The Morgan fingerprint density at radius 3 is 2.89 bits per heavy atom. The van der Waals surface area contributed by atoms with E-state index in [1.165, 1.54) is 16.9 Å². The fraction of sp³-hybridized carbons (Fsp3) is 0.273. The molecule has 0 radical (unpaired) electrons. The summed E-state index contributed by atoms with van der Waals surface area (Å²) < 4.78 is 6.94. The molecule has 0 atom stereocenters. The second-order valence-corrected chi connectivity index (χ2v) is 4.21. The van der Waals surface area contributed by atoms with Gasteiger partial charge >= 0.3 is 5.82 Å². The number of hydrogen-bond donors (Lipinski definition) is 0. The van der Waals surface area contributed by atoms with E-state index >= 15 is 0 Å². The van der Waals surface area contributed by atoms with Gasteiger partial charge in [0.15, 0.2) is 0 Å². The molecule has 2 heterocycles. The summed E-state index contributed by atoms with van der Waals surface area (Å²) in [6, 6.07) is 3.06. The number of rotatable bonds is 4. The predicted octanol–water partition coefficient (Wildman–Crippen LogP) is 2.26. The van der Waals surface area contributed by atoms with Gasteiger partial charge in [-0.05, 0) is 29.0 Å². The molecule has 0 aliphatic carbocycles. The molecule has 0 aliphatic heterocycles. The molecule has 7 nitrogen and oxygen atoms in total. The first kappa shape index (κ1) is 13.3. The lowest BCUT2D eigenvalue weighted by Crippen LogP contribution is -2.01. The molecule has 0 aliphatic rings. The normalized spacial score (nSPS) is 10.5. The Balaban J connectivity index is 2.22. The van der Waals surface area contributed by atoms with Crippen LogP contribution >= 0.6 is 11.6 Å². The molecule has 2 aromatic heterocycles. The van der Waals surface area contributed by atoms with Crippen LogP contribution in [0.5, 0.6) is 5.75 Å². The Bertz CT molecular complexity index is 626.